The number of piperidine rings is 1. The molecule has 2 N–H and O–H groups in total. The summed E-state index contributed by atoms with van der Waals surface area (Å²) < 4.78 is 2.22. The molecule has 0 spiro atoms. The SMILES string of the molecule is CCn1cncc1CN1CCC(C)C(CN)C1. The van der Waals surface area contributed by atoms with Crippen molar-refractivity contribution in [3.05, 3.63) is 18.2 Å². The average Bonchev–Trinajstić information content (AvgIpc) is 2.79. The van der Waals surface area contributed by atoms with Crippen molar-refractivity contribution in [3.63, 3.8) is 0 Å². The van der Waals surface area contributed by atoms with Crippen molar-refractivity contribution >= 4 is 0 Å². The molecule has 0 bridgehead atoms. The van der Waals surface area contributed by atoms with E-state index < -0.39 is 0 Å². The molecule has 4 nitrogen and oxygen atoms in total. The highest BCUT2D eigenvalue weighted by Gasteiger charge is 2.25. The third-order valence-electron chi connectivity index (χ3n) is 4.03. The zero-order chi connectivity index (χ0) is 12.3. The standard InChI is InChI=1S/C13H24N4/c1-3-17-10-15-7-13(17)9-16-5-4-11(2)12(6-14)8-16/h7,10-12H,3-6,8-9,14H2,1-2H3. The highest BCUT2D eigenvalue weighted by atomic mass is 15.2. The molecule has 2 rings (SSSR count). The summed E-state index contributed by atoms with van der Waals surface area (Å²) >= 11 is 0. The number of hydrogen-bond donors (Lipinski definition) is 1. The maximum atomic E-state index is 5.84. The quantitative estimate of drug-likeness (QED) is 0.857. The summed E-state index contributed by atoms with van der Waals surface area (Å²) in [6.07, 6.45) is 5.17. The van der Waals surface area contributed by atoms with Gasteiger partial charge in [-0.3, -0.25) is 4.90 Å². The Balaban J connectivity index is 1.95. The van der Waals surface area contributed by atoms with Gasteiger partial charge in [0.1, 0.15) is 0 Å². The van der Waals surface area contributed by atoms with E-state index in [1.165, 1.54) is 18.7 Å². The lowest BCUT2D eigenvalue weighted by Gasteiger charge is -2.36. The minimum atomic E-state index is 0.654. The van der Waals surface area contributed by atoms with Crippen molar-refractivity contribution in [3.8, 4) is 0 Å². The zero-order valence-corrected chi connectivity index (χ0v) is 11.0. The molecular weight excluding hydrogens is 212 g/mol. The molecule has 0 radical (unpaired) electrons. The molecule has 1 aliphatic heterocycles. The molecule has 2 unspecified atom stereocenters. The van der Waals surface area contributed by atoms with Crippen LogP contribution in [-0.4, -0.2) is 34.1 Å². The lowest BCUT2D eigenvalue weighted by molar-refractivity contribution is 0.124. The minimum absolute atomic E-state index is 0.654. The second kappa shape index (κ2) is 5.65. The number of nitrogens with zero attached hydrogens (tertiary/aromatic N) is 3. The van der Waals surface area contributed by atoms with Gasteiger partial charge in [0.2, 0.25) is 0 Å². The van der Waals surface area contributed by atoms with Crippen LogP contribution in [-0.2, 0) is 13.1 Å². The van der Waals surface area contributed by atoms with Crippen LogP contribution in [0.3, 0.4) is 0 Å². The van der Waals surface area contributed by atoms with Gasteiger partial charge in [-0.2, -0.15) is 0 Å². The number of nitrogens with two attached hydrogens (primary N) is 1. The van der Waals surface area contributed by atoms with Gasteiger partial charge in [-0.05, 0) is 38.3 Å². The first-order valence-electron chi connectivity index (χ1n) is 6.66. The molecule has 0 aliphatic carbocycles. The fourth-order valence-electron chi connectivity index (χ4n) is 2.67. The first kappa shape index (κ1) is 12.6. The van der Waals surface area contributed by atoms with E-state index in [9.17, 15) is 0 Å². The lowest BCUT2D eigenvalue weighted by Crippen LogP contribution is -2.42. The van der Waals surface area contributed by atoms with Crippen molar-refractivity contribution < 1.29 is 0 Å². The third kappa shape index (κ3) is 2.87. The van der Waals surface area contributed by atoms with E-state index in [2.05, 4.69) is 28.3 Å². The van der Waals surface area contributed by atoms with Crippen molar-refractivity contribution in [1.82, 2.24) is 14.5 Å². The second-order valence-electron chi connectivity index (χ2n) is 5.17. The van der Waals surface area contributed by atoms with Crippen LogP contribution in [0.1, 0.15) is 26.0 Å². The van der Waals surface area contributed by atoms with Gasteiger partial charge in [-0.25, -0.2) is 4.98 Å². The Bertz CT molecular complexity index is 347. The van der Waals surface area contributed by atoms with Crippen LogP contribution >= 0.6 is 0 Å². The molecule has 2 heterocycles. The first-order chi connectivity index (χ1) is 8.24. The molecule has 17 heavy (non-hydrogen) atoms. The zero-order valence-electron chi connectivity index (χ0n) is 11.0. The lowest BCUT2D eigenvalue weighted by atomic mass is 9.87. The number of aromatic nitrogens is 2. The van der Waals surface area contributed by atoms with Crippen molar-refractivity contribution in [2.24, 2.45) is 17.6 Å². The highest BCUT2D eigenvalue weighted by molar-refractivity contribution is 4.98. The molecular formula is C13H24N4. The smallest absolute Gasteiger partial charge is 0.0948 e. The predicted molar refractivity (Wildman–Crippen MR) is 69.5 cm³/mol. The van der Waals surface area contributed by atoms with Gasteiger partial charge in [-0.15, -0.1) is 0 Å². The van der Waals surface area contributed by atoms with E-state index in [0.717, 1.165) is 32.1 Å². The molecule has 1 aromatic heterocycles. The fourth-order valence-corrected chi connectivity index (χ4v) is 2.67. The van der Waals surface area contributed by atoms with Gasteiger partial charge in [0, 0.05) is 25.8 Å². The molecule has 0 aromatic carbocycles. The number of imidazole rings is 1. The number of likely N-dealkylation sites (tertiary alicyclic amines) is 1. The second-order valence-corrected chi connectivity index (χ2v) is 5.17. The van der Waals surface area contributed by atoms with Gasteiger partial charge in [0.15, 0.2) is 0 Å². The minimum Gasteiger partial charge on any atom is -0.334 e. The summed E-state index contributed by atoms with van der Waals surface area (Å²) in [6.45, 7) is 9.62. The van der Waals surface area contributed by atoms with Gasteiger partial charge < -0.3 is 10.3 Å². The molecule has 4 heteroatoms. The topological polar surface area (TPSA) is 47.1 Å². The van der Waals surface area contributed by atoms with E-state index in [4.69, 9.17) is 5.73 Å². The molecule has 0 saturated carbocycles. The number of aryl methyl sites for hydroxylation is 1. The summed E-state index contributed by atoms with van der Waals surface area (Å²) in [6, 6.07) is 0. The van der Waals surface area contributed by atoms with E-state index in [-0.39, 0.29) is 0 Å². The van der Waals surface area contributed by atoms with Crippen LogP contribution in [0.5, 0.6) is 0 Å². The number of hydrogen-bond acceptors (Lipinski definition) is 3. The summed E-state index contributed by atoms with van der Waals surface area (Å²) in [5.74, 6) is 1.43. The van der Waals surface area contributed by atoms with Crippen molar-refractivity contribution in [2.45, 2.75) is 33.4 Å². The fraction of sp³-hybridized carbons (Fsp3) is 0.769. The summed E-state index contributed by atoms with van der Waals surface area (Å²) in [5.41, 5.74) is 7.16. The van der Waals surface area contributed by atoms with E-state index in [1.54, 1.807) is 0 Å². The Kier molecular flexibility index (Phi) is 4.18. The van der Waals surface area contributed by atoms with E-state index in [1.807, 2.05) is 12.5 Å². The molecule has 1 aliphatic rings. The van der Waals surface area contributed by atoms with Crippen LogP contribution in [0.15, 0.2) is 12.5 Å². The molecule has 0 amide bonds. The summed E-state index contributed by atoms with van der Waals surface area (Å²) in [4.78, 5) is 6.74. The Morgan fingerprint density at radius 2 is 2.35 bits per heavy atom. The Labute approximate surface area is 104 Å². The maximum Gasteiger partial charge on any atom is 0.0948 e. The Hall–Kier alpha value is -0.870. The van der Waals surface area contributed by atoms with Crippen LogP contribution in [0.25, 0.3) is 0 Å². The normalized spacial score (nSPS) is 26.3. The predicted octanol–water partition coefficient (Wildman–Crippen LogP) is 1.32. The Morgan fingerprint density at radius 3 is 3.06 bits per heavy atom. The van der Waals surface area contributed by atoms with E-state index >= 15 is 0 Å². The largest absolute Gasteiger partial charge is 0.334 e. The van der Waals surface area contributed by atoms with Crippen LogP contribution < -0.4 is 5.73 Å². The molecule has 1 fully saturated rings. The molecule has 96 valence electrons. The van der Waals surface area contributed by atoms with Crippen molar-refractivity contribution in [2.75, 3.05) is 19.6 Å². The van der Waals surface area contributed by atoms with Crippen LogP contribution in [0.4, 0.5) is 0 Å². The summed E-state index contributed by atoms with van der Waals surface area (Å²) in [5, 5.41) is 0. The molecule has 1 saturated heterocycles. The van der Waals surface area contributed by atoms with Crippen LogP contribution in [0, 0.1) is 11.8 Å². The van der Waals surface area contributed by atoms with E-state index in [0.29, 0.717) is 5.92 Å². The maximum absolute atomic E-state index is 5.84. The first-order valence-corrected chi connectivity index (χ1v) is 6.66. The van der Waals surface area contributed by atoms with Gasteiger partial charge in [0.25, 0.3) is 0 Å². The highest BCUT2D eigenvalue weighted by Crippen LogP contribution is 2.23. The summed E-state index contributed by atoms with van der Waals surface area (Å²) in [7, 11) is 0. The number of rotatable bonds is 4. The average molecular weight is 236 g/mol. The van der Waals surface area contributed by atoms with Gasteiger partial charge >= 0.3 is 0 Å². The van der Waals surface area contributed by atoms with Gasteiger partial charge in [-0.1, -0.05) is 6.92 Å². The van der Waals surface area contributed by atoms with Crippen molar-refractivity contribution in [1.29, 1.82) is 0 Å². The molecule has 2 atom stereocenters. The Morgan fingerprint density at radius 1 is 1.53 bits per heavy atom. The molecule has 1 aromatic rings. The van der Waals surface area contributed by atoms with Crippen LogP contribution in [0.2, 0.25) is 0 Å². The monoisotopic (exact) mass is 236 g/mol. The third-order valence-corrected chi connectivity index (χ3v) is 4.03. The van der Waals surface area contributed by atoms with Gasteiger partial charge in [0.05, 0.1) is 12.0 Å².